The Kier molecular flexibility index (Phi) is 4.05. The zero-order chi connectivity index (χ0) is 15.4. The Balaban J connectivity index is 1.91. The van der Waals surface area contributed by atoms with Crippen LogP contribution in [0.5, 0.6) is 5.75 Å². The molecule has 0 atom stereocenters. The van der Waals surface area contributed by atoms with Gasteiger partial charge in [-0.15, -0.1) is 0 Å². The first-order chi connectivity index (χ1) is 10.8. The van der Waals surface area contributed by atoms with E-state index in [2.05, 4.69) is 0 Å². The van der Waals surface area contributed by atoms with E-state index in [0.29, 0.717) is 23.7 Å². The molecule has 0 amide bonds. The fourth-order valence-corrected chi connectivity index (χ4v) is 2.25. The molecule has 0 saturated carbocycles. The SMILES string of the molecule is Cc1ccc(-c2cc(C=O)ccc2OCc2ccccc2)o1. The minimum atomic E-state index is 0.466. The number of carbonyl (C=O) groups is 1. The van der Waals surface area contributed by atoms with Crippen molar-refractivity contribution in [2.24, 2.45) is 0 Å². The molecule has 0 saturated heterocycles. The number of furan rings is 1. The van der Waals surface area contributed by atoms with E-state index in [1.165, 1.54) is 0 Å². The molecule has 0 N–H and O–H groups in total. The summed E-state index contributed by atoms with van der Waals surface area (Å²) in [5.74, 6) is 2.22. The molecule has 110 valence electrons. The topological polar surface area (TPSA) is 39.4 Å². The first kappa shape index (κ1) is 14.1. The van der Waals surface area contributed by atoms with Crippen molar-refractivity contribution < 1.29 is 13.9 Å². The van der Waals surface area contributed by atoms with E-state index in [0.717, 1.165) is 23.2 Å². The maximum atomic E-state index is 11.0. The molecule has 0 radical (unpaired) electrons. The molecule has 2 aromatic carbocycles. The van der Waals surface area contributed by atoms with Crippen LogP contribution in [-0.2, 0) is 6.61 Å². The molecule has 0 unspecified atom stereocenters. The summed E-state index contributed by atoms with van der Waals surface area (Å²) >= 11 is 0. The fraction of sp³-hybridized carbons (Fsp3) is 0.105. The van der Waals surface area contributed by atoms with Gasteiger partial charge in [-0.25, -0.2) is 0 Å². The molecule has 0 aliphatic rings. The predicted octanol–water partition coefficient (Wildman–Crippen LogP) is 4.65. The van der Waals surface area contributed by atoms with Crippen LogP contribution in [0.2, 0.25) is 0 Å². The third-order valence-electron chi connectivity index (χ3n) is 3.38. The quantitative estimate of drug-likeness (QED) is 0.643. The zero-order valence-corrected chi connectivity index (χ0v) is 12.3. The summed E-state index contributed by atoms with van der Waals surface area (Å²) in [4.78, 5) is 11.0. The van der Waals surface area contributed by atoms with Crippen LogP contribution in [0.3, 0.4) is 0 Å². The van der Waals surface area contributed by atoms with Gasteiger partial charge < -0.3 is 9.15 Å². The van der Waals surface area contributed by atoms with Crippen LogP contribution >= 0.6 is 0 Å². The van der Waals surface area contributed by atoms with Crippen LogP contribution in [-0.4, -0.2) is 6.29 Å². The van der Waals surface area contributed by atoms with Crippen LogP contribution in [0.25, 0.3) is 11.3 Å². The summed E-state index contributed by atoms with van der Waals surface area (Å²) in [6.07, 6.45) is 0.820. The highest BCUT2D eigenvalue weighted by Gasteiger charge is 2.11. The first-order valence-electron chi connectivity index (χ1n) is 7.09. The van der Waals surface area contributed by atoms with Gasteiger partial charge in [0.1, 0.15) is 30.2 Å². The average molecular weight is 292 g/mol. The van der Waals surface area contributed by atoms with Gasteiger partial charge in [-0.3, -0.25) is 4.79 Å². The second kappa shape index (κ2) is 6.31. The van der Waals surface area contributed by atoms with Crippen molar-refractivity contribution in [1.29, 1.82) is 0 Å². The monoisotopic (exact) mass is 292 g/mol. The number of rotatable bonds is 5. The van der Waals surface area contributed by atoms with Gasteiger partial charge in [-0.05, 0) is 42.8 Å². The van der Waals surface area contributed by atoms with Crippen molar-refractivity contribution in [2.45, 2.75) is 13.5 Å². The van der Waals surface area contributed by atoms with Crippen LogP contribution in [0.15, 0.2) is 65.1 Å². The summed E-state index contributed by atoms with van der Waals surface area (Å²) in [5.41, 5.74) is 2.47. The number of aldehydes is 1. The Hall–Kier alpha value is -2.81. The van der Waals surface area contributed by atoms with E-state index in [9.17, 15) is 4.79 Å². The minimum Gasteiger partial charge on any atom is -0.488 e. The van der Waals surface area contributed by atoms with Crippen LogP contribution in [0.1, 0.15) is 21.7 Å². The third-order valence-corrected chi connectivity index (χ3v) is 3.38. The molecule has 3 aromatic rings. The van der Waals surface area contributed by atoms with Crippen LogP contribution in [0, 0.1) is 6.92 Å². The predicted molar refractivity (Wildman–Crippen MR) is 85.0 cm³/mol. The van der Waals surface area contributed by atoms with Gasteiger partial charge in [0.05, 0.1) is 5.56 Å². The average Bonchev–Trinajstić information content (AvgIpc) is 3.00. The highest BCUT2D eigenvalue weighted by Crippen LogP contribution is 2.32. The molecule has 3 heteroatoms. The van der Waals surface area contributed by atoms with Crippen molar-refractivity contribution in [3.05, 3.63) is 77.6 Å². The lowest BCUT2D eigenvalue weighted by Crippen LogP contribution is -1.97. The van der Waals surface area contributed by atoms with Gasteiger partial charge >= 0.3 is 0 Å². The Labute approximate surface area is 129 Å². The van der Waals surface area contributed by atoms with Crippen molar-refractivity contribution >= 4 is 6.29 Å². The van der Waals surface area contributed by atoms with E-state index in [1.54, 1.807) is 18.2 Å². The molecule has 0 aliphatic heterocycles. The lowest BCUT2D eigenvalue weighted by atomic mass is 10.1. The Bertz CT molecular complexity index is 772. The molecule has 3 rings (SSSR count). The minimum absolute atomic E-state index is 0.466. The maximum absolute atomic E-state index is 11.0. The molecule has 0 spiro atoms. The van der Waals surface area contributed by atoms with E-state index < -0.39 is 0 Å². The van der Waals surface area contributed by atoms with Gasteiger partial charge in [0.25, 0.3) is 0 Å². The highest BCUT2D eigenvalue weighted by molar-refractivity contribution is 5.80. The van der Waals surface area contributed by atoms with E-state index in [-0.39, 0.29) is 0 Å². The number of hydrogen-bond donors (Lipinski definition) is 0. The number of aryl methyl sites for hydroxylation is 1. The molecule has 1 aromatic heterocycles. The Morgan fingerprint density at radius 2 is 1.86 bits per heavy atom. The van der Waals surface area contributed by atoms with Crippen molar-refractivity contribution in [3.63, 3.8) is 0 Å². The number of carbonyl (C=O) groups excluding carboxylic acids is 1. The number of ether oxygens (including phenoxy) is 1. The molecule has 0 fully saturated rings. The van der Waals surface area contributed by atoms with E-state index in [4.69, 9.17) is 9.15 Å². The first-order valence-corrected chi connectivity index (χ1v) is 7.09. The van der Waals surface area contributed by atoms with Crippen LogP contribution < -0.4 is 4.74 Å². The third kappa shape index (κ3) is 3.09. The number of benzene rings is 2. The van der Waals surface area contributed by atoms with Gasteiger partial charge in [0, 0.05) is 5.56 Å². The lowest BCUT2D eigenvalue weighted by molar-refractivity contribution is 0.112. The van der Waals surface area contributed by atoms with Crippen molar-refractivity contribution in [2.75, 3.05) is 0 Å². The highest BCUT2D eigenvalue weighted by atomic mass is 16.5. The van der Waals surface area contributed by atoms with Gasteiger partial charge in [0.15, 0.2) is 0 Å². The fourth-order valence-electron chi connectivity index (χ4n) is 2.25. The van der Waals surface area contributed by atoms with Crippen molar-refractivity contribution in [3.8, 4) is 17.1 Å². The smallest absolute Gasteiger partial charge is 0.150 e. The van der Waals surface area contributed by atoms with E-state index >= 15 is 0 Å². The zero-order valence-electron chi connectivity index (χ0n) is 12.3. The normalized spacial score (nSPS) is 10.4. The van der Waals surface area contributed by atoms with Gasteiger partial charge in [0.2, 0.25) is 0 Å². The molecule has 22 heavy (non-hydrogen) atoms. The summed E-state index contributed by atoms with van der Waals surface area (Å²) < 4.78 is 11.6. The summed E-state index contributed by atoms with van der Waals surface area (Å²) in [6.45, 7) is 2.35. The molecule has 0 bridgehead atoms. The standard InChI is InChI=1S/C19H16O3/c1-14-7-9-19(22-14)17-11-16(12-20)8-10-18(17)21-13-15-5-3-2-4-6-15/h2-12H,13H2,1H3. The van der Waals surface area contributed by atoms with Crippen molar-refractivity contribution in [1.82, 2.24) is 0 Å². The van der Waals surface area contributed by atoms with Crippen LogP contribution in [0.4, 0.5) is 0 Å². The number of hydrogen-bond acceptors (Lipinski definition) is 3. The van der Waals surface area contributed by atoms with E-state index in [1.807, 2.05) is 49.4 Å². The Morgan fingerprint density at radius 1 is 1.05 bits per heavy atom. The van der Waals surface area contributed by atoms with Gasteiger partial charge in [-0.2, -0.15) is 0 Å². The molecular formula is C19H16O3. The Morgan fingerprint density at radius 3 is 2.55 bits per heavy atom. The maximum Gasteiger partial charge on any atom is 0.150 e. The second-order valence-electron chi connectivity index (χ2n) is 5.06. The molecular weight excluding hydrogens is 276 g/mol. The molecule has 1 heterocycles. The summed E-state index contributed by atoms with van der Waals surface area (Å²) in [5, 5.41) is 0. The lowest BCUT2D eigenvalue weighted by Gasteiger charge is -2.11. The largest absolute Gasteiger partial charge is 0.488 e. The molecule has 0 aliphatic carbocycles. The second-order valence-corrected chi connectivity index (χ2v) is 5.06. The van der Waals surface area contributed by atoms with Gasteiger partial charge in [-0.1, -0.05) is 30.3 Å². The molecule has 3 nitrogen and oxygen atoms in total. The summed E-state index contributed by atoms with van der Waals surface area (Å²) in [6, 6.07) is 19.1. The summed E-state index contributed by atoms with van der Waals surface area (Å²) in [7, 11) is 0.